The summed E-state index contributed by atoms with van der Waals surface area (Å²) in [4.78, 5) is 15.2. The number of hydrogen-bond acceptors (Lipinski definition) is 4. The molecule has 0 saturated heterocycles. The topological polar surface area (TPSA) is 42.1 Å². The molecule has 6 nitrogen and oxygen atoms in total. The van der Waals surface area contributed by atoms with Crippen LogP contribution in [-0.2, 0) is 5.41 Å². The maximum absolute atomic E-state index is 5.21. The molecule has 0 aliphatic heterocycles. The summed E-state index contributed by atoms with van der Waals surface area (Å²) in [5.74, 6) is 1.80. The first-order chi connectivity index (χ1) is 40.9. The van der Waals surface area contributed by atoms with Crippen LogP contribution in [0.2, 0.25) is 0 Å². The lowest BCUT2D eigenvalue weighted by Gasteiger charge is -2.29. The molecule has 394 valence electrons. The van der Waals surface area contributed by atoms with Gasteiger partial charge in [-0.05, 0) is 190 Å². The molecule has 0 atom stereocenters. The molecule has 0 saturated carbocycles. The molecule has 0 unspecified atom stereocenters. The molecule has 0 amide bonds. The fraction of sp³-hybridized carbons (Fsp3) is 0.0390. The third-order valence-corrected chi connectivity index (χ3v) is 16.5. The van der Waals surface area contributed by atoms with E-state index < -0.39 is 0 Å². The molecule has 6 heteroatoms. The first kappa shape index (κ1) is 49.2. The molecule has 14 aromatic rings. The highest BCUT2D eigenvalue weighted by Gasteiger charge is 2.37. The van der Waals surface area contributed by atoms with E-state index >= 15 is 0 Å². The van der Waals surface area contributed by atoms with Crippen LogP contribution >= 0.6 is 0 Å². The van der Waals surface area contributed by atoms with E-state index in [1.165, 1.54) is 44.5 Å². The zero-order valence-corrected chi connectivity index (χ0v) is 46.1. The van der Waals surface area contributed by atoms with Crippen molar-refractivity contribution in [1.82, 2.24) is 19.1 Å². The lowest BCUT2D eigenvalue weighted by atomic mass is 9.82. The molecule has 1 aliphatic carbocycles. The Balaban J connectivity index is 0.814. The number of nitrogens with zero attached hydrogens (tertiary/aromatic N) is 6. The van der Waals surface area contributed by atoms with E-state index in [2.05, 4.69) is 336 Å². The average molecular weight is 1070 g/mol. The van der Waals surface area contributed by atoms with Crippen molar-refractivity contribution in [3.63, 3.8) is 0 Å². The van der Waals surface area contributed by atoms with Gasteiger partial charge in [-0.2, -0.15) is 0 Å². The van der Waals surface area contributed by atoms with Gasteiger partial charge in [0.25, 0.3) is 0 Å². The summed E-state index contributed by atoms with van der Waals surface area (Å²) in [6.45, 7) is 4.76. The SMILES string of the molecule is CC1(C)c2cc(N(c3ccc(-c4ccccc4)cc3)c3ccc(-c4nc5ccccc5n4-c4ccccc4)cc3)ccc2-c2ccc(N(c3ccc(-c4ccccc4)cc3)c3ccc(-c4nc5ccccc5n4-c4ccccc4)cc3)cc21. The minimum atomic E-state index is -0.344. The Kier molecular flexibility index (Phi) is 12.1. The van der Waals surface area contributed by atoms with E-state index in [4.69, 9.17) is 9.97 Å². The zero-order valence-electron chi connectivity index (χ0n) is 46.1. The molecule has 0 spiro atoms. The summed E-state index contributed by atoms with van der Waals surface area (Å²) in [7, 11) is 0. The van der Waals surface area contributed by atoms with Crippen molar-refractivity contribution in [2.24, 2.45) is 0 Å². The van der Waals surface area contributed by atoms with Crippen molar-refractivity contribution in [1.29, 1.82) is 0 Å². The van der Waals surface area contributed by atoms with Crippen LogP contribution in [0.1, 0.15) is 25.0 Å². The van der Waals surface area contributed by atoms with Crippen molar-refractivity contribution in [3.8, 4) is 67.5 Å². The second-order valence-corrected chi connectivity index (χ2v) is 21.9. The molecule has 2 heterocycles. The number of rotatable bonds is 12. The Hall–Kier alpha value is -10.8. The maximum atomic E-state index is 5.21. The van der Waals surface area contributed by atoms with Crippen LogP contribution in [-0.4, -0.2) is 19.1 Å². The molecule has 1 aliphatic rings. The van der Waals surface area contributed by atoms with Gasteiger partial charge >= 0.3 is 0 Å². The normalized spacial score (nSPS) is 12.3. The third-order valence-electron chi connectivity index (χ3n) is 16.5. The third kappa shape index (κ3) is 8.76. The molecule has 12 aromatic carbocycles. The molecule has 0 fully saturated rings. The lowest BCUT2D eigenvalue weighted by molar-refractivity contribution is 0.660. The summed E-state index contributed by atoms with van der Waals surface area (Å²) in [5.41, 5.74) is 24.2. The van der Waals surface area contributed by atoms with E-state index in [9.17, 15) is 0 Å². The van der Waals surface area contributed by atoms with Crippen molar-refractivity contribution >= 4 is 56.2 Å². The van der Waals surface area contributed by atoms with Crippen LogP contribution < -0.4 is 9.80 Å². The van der Waals surface area contributed by atoms with Gasteiger partial charge in [0.05, 0.1) is 22.1 Å². The standard InChI is InChI=1S/C77H56N6/c1-77(2)69-51-65(80(61-39-31-55(32-40-61)53-19-7-3-8-20-53)63-43-35-57(36-44-63)75-78-71-27-15-17-29-73(71)82(75)59-23-11-5-12-24-59)47-49-67(69)68-50-48-66(52-70(68)77)81(62-41-33-56(34-42-62)54-21-9-4-10-22-54)64-45-37-58(38-46-64)76-79-72-28-16-18-30-74(72)83(76)60-25-13-6-14-26-60/h3-52H,1-2H3. The van der Waals surface area contributed by atoms with Gasteiger partial charge in [0.1, 0.15) is 11.6 Å². The highest BCUT2D eigenvalue weighted by molar-refractivity contribution is 5.91. The first-order valence-corrected chi connectivity index (χ1v) is 28.4. The van der Waals surface area contributed by atoms with Crippen LogP contribution in [0.5, 0.6) is 0 Å². The smallest absolute Gasteiger partial charge is 0.145 e. The van der Waals surface area contributed by atoms with Gasteiger partial charge < -0.3 is 9.80 Å². The molecule has 0 radical (unpaired) electrons. The number of anilines is 6. The van der Waals surface area contributed by atoms with E-state index in [1.807, 2.05) is 0 Å². The number of benzene rings is 12. The predicted octanol–water partition coefficient (Wildman–Crippen LogP) is 20.3. The lowest BCUT2D eigenvalue weighted by Crippen LogP contribution is -2.17. The number of para-hydroxylation sites is 6. The van der Waals surface area contributed by atoms with Crippen LogP contribution in [0.25, 0.3) is 89.6 Å². The largest absolute Gasteiger partial charge is 0.310 e. The molecular formula is C77H56N6. The summed E-state index contributed by atoms with van der Waals surface area (Å²) < 4.78 is 4.52. The van der Waals surface area contributed by atoms with Gasteiger partial charge in [0, 0.05) is 62.0 Å². The molecule has 15 rings (SSSR count). The minimum Gasteiger partial charge on any atom is -0.310 e. The molecule has 0 bridgehead atoms. The quantitative estimate of drug-likeness (QED) is 0.122. The highest BCUT2D eigenvalue weighted by atomic mass is 15.2. The van der Waals surface area contributed by atoms with Gasteiger partial charge in [-0.3, -0.25) is 9.13 Å². The van der Waals surface area contributed by atoms with Gasteiger partial charge in [-0.1, -0.05) is 172 Å². The first-order valence-electron chi connectivity index (χ1n) is 28.4. The highest BCUT2D eigenvalue weighted by Crippen LogP contribution is 2.53. The fourth-order valence-corrected chi connectivity index (χ4v) is 12.4. The summed E-state index contributed by atoms with van der Waals surface area (Å²) in [6.07, 6.45) is 0. The predicted molar refractivity (Wildman–Crippen MR) is 344 cm³/mol. The van der Waals surface area contributed by atoms with E-state index in [0.717, 1.165) is 90.3 Å². The van der Waals surface area contributed by atoms with E-state index in [-0.39, 0.29) is 5.41 Å². The average Bonchev–Trinajstić information content (AvgIpc) is 3.83. The van der Waals surface area contributed by atoms with Gasteiger partial charge in [0.15, 0.2) is 0 Å². The zero-order chi connectivity index (χ0) is 55.4. The van der Waals surface area contributed by atoms with Crippen LogP contribution in [0.3, 0.4) is 0 Å². The van der Waals surface area contributed by atoms with Crippen molar-refractivity contribution in [3.05, 3.63) is 314 Å². The monoisotopic (exact) mass is 1060 g/mol. The molecule has 0 N–H and O–H groups in total. The second kappa shape index (κ2) is 20.4. The molecular weight excluding hydrogens is 1010 g/mol. The maximum Gasteiger partial charge on any atom is 0.145 e. The van der Waals surface area contributed by atoms with Crippen molar-refractivity contribution in [2.75, 3.05) is 9.80 Å². The Labute approximate surface area is 483 Å². The number of imidazole rings is 2. The van der Waals surface area contributed by atoms with Crippen LogP contribution in [0, 0.1) is 0 Å². The Morgan fingerprint density at radius 3 is 0.928 bits per heavy atom. The van der Waals surface area contributed by atoms with Crippen molar-refractivity contribution < 1.29 is 0 Å². The minimum absolute atomic E-state index is 0.344. The Bertz CT molecular complexity index is 4350. The number of aromatic nitrogens is 4. The summed E-state index contributed by atoms with van der Waals surface area (Å²) in [6, 6.07) is 109. The summed E-state index contributed by atoms with van der Waals surface area (Å²) in [5, 5.41) is 0. The van der Waals surface area contributed by atoms with E-state index in [1.54, 1.807) is 0 Å². The van der Waals surface area contributed by atoms with Crippen LogP contribution in [0.4, 0.5) is 34.1 Å². The Morgan fingerprint density at radius 2 is 0.566 bits per heavy atom. The number of fused-ring (bicyclic) bond motifs is 5. The van der Waals surface area contributed by atoms with Gasteiger partial charge in [-0.25, -0.2) is 9.97 Å². The van der Waals surface area contributed by atoms with Gasteiger partial charge in [-0.15, -0.1) is 0 Å². The van der Waals surface area contributed by atoms with E-state index in [0.29, 0.717) is 0 Å². The Morgan fingerprint density at radius 1 is 0.277 bits per heavy atom. The van der Waals surface area contributed by atoms with Crippen molar-refractivity contribution in [2.45, 2.75) is 19.3 Å². The molecule has 83 heavy (non-hydrogen) atoms. The molecule has 2 aromatic heterocycles. The summed E-state index contributed by atoms with van der Waals surface area (Å²) >= 11 is 0. The fourth-order valence-electron chi connectivity index (χ4n) is 12.4. The van der Waals surface area contributed by atoms with Gasteiger partial charge in [0.2, 0.25) is 0 Å². The second-order valence-electron chi connectivity index (χ2n) is 21.9. The number of hydrogen-bond donors (Lipinski definition) is 0. The van der Waals surface area contributed by atoms with Crippen LogP contribution in [0.15, 0.2) is 303 Å².